The molecule has 3 amide bonds. The number of carbonyl (C=O) groups is 3. The minimum absolute atomic E-state index is 0.0346. The van der Waals surface area contributed by atoms with Gasteiger partial charge in [-0.2, -0.15) is 0 Å². The molecular formula is C26H39N3O4. The second-order valence-electron chi connectivity index (χ2n) is 9.69. The fourth-order valence-electron chi connectivity index (χ4n) is 4.09. The Morgan fingerprint density at radius 1 is 0.788 bits per heavy atom. The number of para-hydroxylation sites is 1. The van der Waals surface area contributed by atoms with E-state index in [1.54, 1.807) is 0 Å². The van der Waals surface area contributed by atoms with E-state index in [1.165, 1.54) is 0 Å². The van der Waals surface area contributed by atoms with Crippen LogP contribution in [0.5, 0.6) is 0 Å². The number of ether oxygens (including phenoxy) is 1. The van der Waals surface area contributed by atoms with Gasteiger partial charge in [0.1, 0.15) is 0 Å². The lowest BCUT2D eigenvalue weighted by molar-refractivity contribution is -0.129. The number of hydrogen-bond acceptors (Lipinski definition) is 4. The minimum atomic E-state index is -0.212. The van der Waals surface area contributed by atoms with Gasteiger partial charge >= 0.3 is 0 Å². The van der Waals surface area contributed by atoms with Gasteiger partial charge in [0.25, 0.3) is 0 Å². The Balaban J connectivity index is 1.52. The standard InChI is InChI=1S/C26H39N3O4/c1-18(24(30)27-21-6-4-3-5-7-21)8-10-20(26(32)29-23-14-16-33-17-15-23)11-9-19(2)25(31)28-22-12-13-22/h3-7,18-20,22-23H,8-17H2,1-2H3,(H,27,30)(H,28,31)(H,29,32). The van der Waals surface area contributed by atoms with Crippen LogP contribution >= 0.6 is 0 Å². The molecule has 3 unspecified atom stereocenters. The van der Waals surface area contributed by atoms with Crippen LogP contribution in [0.25, 0.3) is 0 Å². The zero-order chi connectivity index (χ0) is 23.6. The number of rotatable bonds is 12. The second kappa shape index (κ2) is 12.7. The average molecular weight is 458 g/mol. The third-order valence-corrected chi connectivity index (χ3v) is 6.69. The number of nitrogens with one attached hydrogen (secondary N) is 3. The van der Waals surface area contributed by atoms with Crippen molar-refractivity contribution in [1.29, 1.82) is 0 Å². The minimum Gasteiger partial charge on any atom is -0.381 e. The van der Waals surface area contributed by atoms with Crippen molar-refractivity contribution in [2.24, 2.45) is 17.8 Å². The smallest absolute Gasteiger partial charge is 0.227 e. The van der Waals surface area contributed by atoms with Gasteiger partial charge in [0, 0.05) is 48.7 Å². The lowest BCUT2D eigenvalue weighted by atomic mass is 9.89. The molecule has 1 aliphatic heterocycles. The van der Waals surface area contributed by atoms with E-state index < -0.39 is 0 Å². The molecule has 7 nitrogen and oxygen atoms in total. The molecule has 2 fully saturated rings. The van der Waals surface area contributed by atoms with Crippen LogP contribution in [0.4, 0.5) is 5.69 Å². The first-order valence-corrected chi connectivity index (χ1v) is 12.5. The Labute approximate surface area is 197 Å². The topological polar surface area (TPSA) is 96.5 Å². The molecule has 3 N–H and O–H groups in total. The molecule has 3 atom stereocenters. The number of carbonyl (C=O) groups excluding carboxylic acids is 3. The van der Waals surface area contributed by atoms with Gasteiger partial charge in [-0.3, -0.25) is 14.4 Å². The van der Waals surface area contributed by atoms with Crippen LogP contribution in [0.1, 0.15) is 65.2 Å². The molecule has 1 aromatic rings. The fourth-order valence-corrected chi connectivity index (χ4v) is 4.09. The SMILES string of the molecule is CC(CCC(CCC(C)C(=O)NC1CC1)C(=O)NC1CCOCC1)C(=O)Nc1ccccc1. The molecule has 0 radical (unpaired) electrons. The van der Waals surface area contributed by atoms with Gasteiger partial charge in [-0.15, -0.1) is 0 Å². The van der Waals surface area contributed by atoms with Gasteiger partial charge in [0.15, 0.2) is 0 Å². The summed E-state index contributed by atoms with van der Waals surface area (Å²) >= 11 is 0. The Hall–Kier alpha value is -2.41. The van der Waals surface area contributed by atoms with Crippen LogP contribution in [0.15, 0.2) is 30.3 Å². The van der Waals surface area contributed by atoms with E-state index in [-0.39, 0.29) is 41.5 Å². The van der Waals surface area contributed by atoms with Crippen LogP contribution < -0.4 is 16.0 Å². The van der Waals surface area contributed by atoms with Crippen molar-refractivity contribution in [2.45, 2.75) is 77.3 Å². The van der Waals surface area contributed by atoms with Crippen molar-refractivity contribution in [2.75, 3.05) is 18.5 Å². The van der Waals surface area contributed by atoms with Gasteiger partial charge in [0.05, 0.1) is 0 Å². The van der Waals surface area contributed by atoms with E-state index in [0.29, 0.717) is 44.9 Å². The highest BCUT2D eigenvalue weighted by Gasteiger charge is 2.28. The normalized spacial score (nSPS) is 19.2. The van der Waals surface area contributed by atoms with Gasteiger partial charge in [-0.05, 0) is 63.5 Å². The quantitative estimate of drug-likeness (QED) is 0.446. The first-order chi connectivity index (χ1) is 15.9. The average Bonchev–Trinajstić information content (AvgIpc) is 3.63. The number of hydrogen-bond donors (Lipinski definition) is 3. The zero-order valence-corrected chi connectivity index (χ0v) is 20.0. The maximum Gasteiger partial charge on any atom is 0.227 e. The zero-order valence-electron chi connectivity index (χ0n) is 20.0. The number of benzene rings is 1. The molecule has 2 aliphatic rings. The molecule has 33 heavy (non-hydrogen) atoms. The predicted molar refractivity (Wildman–Crippen MR) is 129 cm³/mol. The van der Waals surface area contributed by atoms with E-state index in [9.17, 15) is 14.4 Å². The van der Waals surface area contributed by atoms with Crippen LogP contribution in [0.2, 0.25) is 0 Å². The van der Waals surface area contributed by atoms with Gasteiger partial charge in [-0.1, -0.05) is 32.0 Å². The molecule has 1 saturated heterocycles. The van der Waals surface area contributed by atoms with Crippen molar-refractivity contribution in [3.63, 3.8) is 0 Å². The maximum absolute atomic E-state index is 13.1. The number of amides is 3. The predicted octanol–water partition coefficient (Wildman–Crippen LogP) is 3.65. The van der Waals surface area contributed by atoms with E-state index >= 15 is 0 Å². The Bertz CT molecular complexity index is 775. The first-order valence-electron chi connectivity index (χ1n) is 12.5. The summed E-state index contributed by atoms with van der Waals surface area (Å²) in [5.74, 6) is -0.469. The van der Waals surface area contributed by atoms with Crippen molar-refractivity contribution in [3.8, 4) is 0 Å². The molecule has 1 saturated carbocycles. The highest BCUT2D eigenvalue weighted by molar-refractivity contribution is 5.92. The summed E-state index contributed by atoms with van der Waals surface area (Å²) < 4.78 is 5.40. The van der Waals surface area contributed by atoms with Gasteiger partial charge < -0.3 is 20.7 Å². The summed E-state index contributed by atoms with van der Waals surface area (Å²) in [4.78, 5) is 38.0. The molecule has 3 rings (SSSR count). The van der Waals surface area contributed by atoms with Crippen molar-refractivity contribution in [3.05, 3.63) is 30.3 Å². The van der Waals surface area contributed by atoms with Crippen LogP contribution in [0, 0.1) is 17.8 Å². The summed E-state index contributed by atoms with van der Waals surface area (Å²) in [5.41, 5.74) is 0.777. The van der Waals surface area contributed by atoms with E-state index in [4.69, 9.17) is 4.74 Å². The van der Waals surface area contributed by atoms with Crippen LogP contribution in [-0.2, 0) is 19.1 Å². The molecular weight excluding hydrogens is 418 g/mol. The lowest BCUT2D eigenvalue weighted by Gasteiger charge is -2.26. The van der Waals surface area contributed by atoms with E-state index in [2.05, 4.69) is 16.0 Å². The van der Waals surface area contributed by atoms with Crippen molar-refractivity contribution < 1.29 is 19.1 Å². The van der Waals surface area contributed by atoms with E-state index in [1.807, 2.05) is 44.2 Å². The highest BCUT2D eigenvalue weighted by Crippen LogP contribution is 2.24. The molecule has 7 heteroatoms. The summed E-state index contributed by atoms with van der Waals surface area (Å²) in [7, 11) is 0. The Morgan fingerprint density at radius 3 is 1.94 bits per heavy atom. The van der Waals surface area contributed by atoms with Crippen molar-refractivity contribution in [1.82, 2.24) is 10.6 Å². The third kappa shape index (κ3) is 8.80. The Morgan fingerprint density at radius 2 is 1.33 bits per heavy atom. The summed E-state index contributed by atoms with van der Waals surface area (Å²) in [6.45, 7) is 5.17. The fraction of sp³-hybridized carbons (Fsp3) is 0.654. The second-order valence-corrected chi connectivity index (χ2v) is 9.69. The van der Waals surface area contributed by atoms with Crippen LogP contribution in [-0.4, -0.2) is 43.0 Å². The van der Waals surface area contributed by atoms with Gasteiger partial charge in [0.2, 0.25) is 17.7 Å². The Kier molecular flexibility index (Phi) is 9.73. The largest absolute Gasteiger partial charge is 0.381 e. The van der Waals surface area contributed by atoms with Gasteiger partial charge in [-0.25, -0.2) is 0 Å². The number of anilines is 1. The third-order valence-electron chi connectivity index (χ3n) is 6.69. The molecule has 1 aromatic carbocycles. The summed E-state index contributed by atoms with van der Waals surface area (Å²) in [6.07, 6.45) is 6.33. The summed E-state index contributed by atoms with van der Waals surface area (Å²) in [6, 6.07) is 9.90. The molecule has 0 aromatic heterocycles. The molecule has 0 spiro atoms. The van der Waals surface area contributed by atoms with E-state index in [0.717, 1.165) is 31.4 Å². The van der Waals surface area contributed by atoms with Crippen molar-refractivity contribution >= 4 is 23.4 Å². The monoisotopic (exact) mass is 457 g/mol. The molecule has 0 bridgehead atoms. The summed E-state index contributed by atoms with van der Waals surface area (Å²) in [5, 5.41) is 9.18. The molecule has 1 heterocycles. The lowest BCUT2D eigenvalue weighted by Crippen LogP contribution is -2.42. The molecule has 182 valence electrons. The first kappa shape index (κ1) is 25.2. The maximum atomic E-state index is 13.1. The highest BCUT2D eigenvalue weighted by atomic mass is 16.5. The molecule has 1 aliphatic carbocycles. The van der Waals surface area contributed by atoms with Crippen LogP contribution in [0.3, 0.4) is 0 Å².